The lowest BCUT2D eigenvalue weighted by atomic mass is 9.74. The second-order valence-electron chi connectivity index (χ2n) is 9.45. The number of benzene rings is 2. The summed E-state index contributed by atoms with van der Waals surface area (Å²) in [4.78, 5) is 14.9. The zero-order valence-corrected chi connectivity index (χ0v) is 17.9. The van der Waals surface area contributed by atoms with E-state index in [0.29, 0.717) is 23.5 Å². The molecule has 0 spiro atoms. The van der Waals surface area contributed by atoms with E-state index in [1.807, 2.05) is 12.1 Å². The van der Waals surface area contributed by atoms with Gasteiger partial charge in [-0.2, -0.15) is 0 Å². The molecule has 4 nitrogen and oxygen atoms in total. The molecule has 0 N–H and O–H groups in total. The van der Waals surface area contributed by atoms with Gasteiger partial charge in [0.05, 0.1) is 12.6 Å². The van der Waals surface area contributed by atoms with Gasteiger partial charge in [-0.3, -0.25) is 4.90 Å². The van der Waals surface area contributed by atoms with E-state index in [1.54, 1.807) is 17.0 Å². The van der Waals surface area contributed by atoms with Gasteiger partial charge in [0.15, 0.2) is 0 Å². The van der Waals surface area contributed by atoms with E-state index in [4.69, 9.17) is 12.7 Å². The predicted molar refractivity (Wildman–Crippen MR) is 118 cm³/mol. The Labute approximate surface area is 185 Å². The highest BCUT2D eigenvalue weighted by Gasteiger charge is 2.38. The zero-order valence-electron chi connectivity index (χ0n) is 17.9. The Bertz CT molecular complexity index is 943. The predicted octanol–water partition coefficient (Wildman–Crippen LogP) is 4.24. The molecule has 6 rings (SSSR count). The van der Waals surface area contributed by atoms with Crippen LogP contribution in [0.3, 0.4) is 0 Å². The summed E-state index contributed by atoms with van der Waals surface area (Å²) in [6, 6.07) is 14.4. The van der Waals surface area contributed by atoms with Crippen molar-refractivity contribution in [3.8, 4) is 0 Å². The van der Waals surface area contributed by atoms with Crippen LogP contribution in [0.4, 0.5) is 9.18 Å². The van der Waals surface area contributed by atoms with E-state index in [0.717, 1.165) is 49.5 Å². The molecule has 161 valence electrons. The van der Waals surface area contributed by atoms with Gasteiger partial charge in [0.25, 0.3) is 0 Å². The van der Waals surface area contributed by atoms with Gasteiger partial charge in [0.1, 0.15) is 5.82 Å². The smallest absolute Gasteiger partial charge is 0.410 e. The quantitative estimate of drug-likeness (QED) is 0.694. The third-order valence-corrected chi connectivity index (χ3v) is 7.57. The number of hydrogen-bond acceptors (Lipinski definition) is 2. The summed E-state index contributed by atoms with van der Waals surface area (Å²) >= 11 is 0. The highest BCUT2D eigenvalue weighted by molar-refractivity contribution is 5.97. The minimum Gasteiger partial charge on any atom is -0.588 e. The second-order valence-corrected chi connectivity index (χ2v) is 9.45. The maximum Gasteiger partial charge on any atom is 0.410 e. The molecule has 3 fully saturated rings. The van der Waals surface area contributed by atoms with Gasteiger partial charge in [-0.25, -0.2) is 17.2 Å². The summed E-state index contributed by atoms with van der Waals surface area (Å²) in [5, 5.41) is 0. The van der Waals surface area contributed by atoms with Crippen LogP contribution >= 0.6 is 0 Å². The number of rotatable bonds is 4. The third kappa shape index (κ3) is 4.10. The van der Waals surface area contributed by atoms with Crippen molar-refractivity contribution in [1.82, 2.24) is 4.90 Å². The molecule has 0 aliphatic carbocycles. The second kappa shape index (κ2) is 8.31. The van der Waals surface area contributed by atoms with Crippen LogP contribution in [0.25, 0.3) is 0 Å². The maximum absolute atomic E-state index is 13.5. The summed E-state index contributed by atoms with van der Waals surface area (Å²) < 4.78 is 20.0. The molecule has 3 radical (unpaired) electrons. The number of nitrogens with zero attached hydrogens (tertiary/aromatic N) is 2. The van der Waals surface area contributed by atoms with Gasteiger partial charge >= 0.3 is 6.09 Å². The third-order valence-electron chi connectivity index (χ3n) is 7.57. The van der Waals surface area contributed by atoms with Gasteiger partial charge in [0.2, 0.25) is 0 Å². The number of hydrogen-bond donors (Lipinski definition) is 0. The molecular formula is C25H29BFN2O2. The zero-order chi connectivity index (χ0) is 21.4. The van der Waals surface area contributed by atoms with Gasteiger partial charge in [0, 0.05) is 32.1 Å². The van der Waals surface area contributed by atoms with Gasteiger partial charge in [-0.05, 0) is 60.4 Å². The fourth-order valence-electron chi connectivity index (χ4n) is 5.85. The van der Waals surface area contributed by atoms with Gasteiger partial charge in [-0.15, -0.1) is 0 Å². The Hall–Kier alpha value is -2.34. The van der Waals surface area contributed by atoms with Crippen molar-refractivity contribution < 1.29 is 18.3 Å². The molecule has 4 heterocycles. The minimum atomic E-state index is -0.290. The number of fused-ring (bicyclic) bond motifs is 4. The molecule has 4 aliphatic heterocycles. The van der Waals surface area contributed by atoms with E-state index in [2.05, 4.69) is 12.1 Å². The Balaban J connectivity index is 1.29. The standard InChI is InChI=1S/C25H29BFN2O2/c26-29-14-10-18(11-15-29)21(17-29)12-16-31-25(30)28-13-9-19-3-1-2-4-23(19)24(28)20-5-7-22(27)8-6-20/h1-8,18,21,24H,9-17H2/t18?,21-,24+,29?/m1/s1. The molecule has 1 amide bonds. The molecule has 2 aromatic rings. The van der Waals surface area contributed by atoms with Crippen LogP contribution < -0.4 is 0 Å². The Morgan fingerprint density at radius 1 is 1.13 bits per heavy atom. The fourth-order valence-corrected chi connectivity index (χ4v) is 5.85. The average Bonchev–Trinajstić information content (AvgIpc) is 2.79. The van der Waals surface area contributed by atoms with Crippen LogP contribution in [0.2, 0.25) is 0 Å². The lowest BCUT2D eigenvalue weighted by Gasteiger charge is -2.61. The molecule has 3 saturated heterocycles. The number of halogens is 1. The molecular weight excluding hydrogens is 390 g/mol. The van der Waals surface area contributed by atoms with Crippen molar-refractivity contribution in [3.63, 3.8) is 0 Å². The van der Waals surface area contributed by atoms with E-state index >= 15 is 0 Å². The molecule has 0 unspecified atom stereocenters. The molecule has 2 aromatic carbocycles. The van der Waals surface area contributed by atoms with Crippen molar-refractivity contribution in [2.24, 2.45) is 11.8 Å². The Kier molecular flexibility index (Phi) is 5.51. The van der Waals surface area contributed by atoms with E-state index in [1.165, 1.54) is 30.5 Å². The summed E-state index contributed by atoms with van der Waals surface area (Å²) in [5.41, 5.74) is 3.21. The van der Waals surface area contributed by atoms with E-state index in [-0.39, 0.29) is 18.0 Å². The summed E-state index contributed by atoms with van der Waals surface area (Å²) in [6.07, 6.45) is 3.75. The number of ether oxygens (including phenoxy) is 1. The lowest BCUT2D eigenvalue weighted by Crippen LogP contribution is -2.60. The first-order chi connectivity index (χ1) is 15.0. The van der Waals surface area contributed by atoms with Crippen molar-refractivity contribution in [1.29, 1.82) is 0 Å². The lowest BCUT2D eigenvalue weighted by molar-refractivity contribution is -0.841. The molecule has 4 aliphatic rings. The van der Waals surface area contributed by atoms with Crippen molar-refractivity contribution in [3.05, 3.63) is 71.0 Å². The molecule has 31 heavy (non-hydrogen) atoms. The first-order valence-electron chi connectivity index (χ1n) is 11.4. The number of piperidine rings is 3. The van der Waals surface area contributed by atoms with Crippen LogP contribution in [0.5, 0.6) is 0 Å². The van der Waals surface area contributed by atoms with Crippen molar-refractivity contribution >= 4 is 14.1 Å². The van der Waals surface area contributed by atoms with Crippen molar-refractivity contribution in [2.45, 2.75) is 31.7 Å². The van der Waals surface area contributed by atoms with Crippen molar-refractivity contribution in [2.75, 3.05) is 32.8 Å². The largest absolute Gasteiger partial charge is 0.588 e. The molecule has 0 aromatic heterocycles. The number of carbonyl (C=O) groups is 1. The highest BCUT2D eigenvalue weighted by Crippen LogP contribution is 2.38. The van der Waals surface area contributed by atoms with Crippen LogP contribution in [0.15, 0.2) is 48.5 Å². The topological polar surface area (TPSA) is 29.5 Å². The minimum absolute atomic E-state index is 0.257. The van der Waals surface area contributed by atoms with Crippen LogP contribution in [0, 0.1) is 17.7 Å². The first-order valence-corrected chi connectivity index (χ1v) is 11.4. The van der Waals surface area contributed by atoms with E-state index < -0.39 is 0 Å². The number of carbonyl (C=O) groups excluding carboxylic acids is 1. The number of amides is 1. The first kappa shape index (κ1) is 20.6. The summed E-state index contributed by atoms with van der Waals surface area (Å²) in [6.45, 7) is 4.17. The van der Waals surface area contributed by atoms with Gasteiger partial charge < -0.3 is 9.13 Å². The number of quaternary nitrogens is 1. The maximum atomic E-state index is 13.5. The van der Waals surface area contributed by atoms with Crippen LogP contribution in [-0.2, 0) is 11.2 Å². The molecule has 2 bridgehead atoms. The van der Waals surface area contributed by atoms with Gasteiger partial charge in [-0.1, -0.05) is 36.4 Å². The van der Waals surface area contributed by atoms with Crippen LogP contribution in [-0.4, -0.2) is 56.2 Å². The van der Waals surface area contributed by atoms with Crippen LogP contribution in [0.1, 0.15) is 42.0 Å². The molecule has 0 saturated carbocycles. The SMILES string of the molecule is [B-][N+]12CCC(CC1)[C@H](CCOC(=O)N1CCc3ccccc3[C@@H]1c1ccc(F)cc1)C2. The fraction of sp³-hybridized carbons (Fsp3) is 0.480. The van der Waals surface area contributed by atoms with E-state index in [9.17, 15) is 9.18 Å². The Morgan fingerprint density at radius 3 is 2.61 bits per heavy atom. The average molecular weight is 419 g/mol. The summed E-state index contributed by atoms with van der Waals surface area (Å²) in [7, 11) is 6.47. The highest BCUT2D eigenvalue weighted by atomic mass is 19.1. The molecule has 2 atom stereocenters. The Morgan fingerprint density at radius 2 is 1.87 bits per heavy atom. The summed E-state index contributed by atoms with van der Waals surface area (Å²) in [5.74, 6) is 0.978. The monoisotopic (exact) mass is 419 g/mol. The normalized spacial score (nSPS) is 29.5. The molecule has 6 heteroatoms.